The molecule has 0 aromatic rings. The molecule has 0 radical (unpaired) electrons. The maximum absolute atomic E-state index is 5.59. The standard InChI is InChI=1S/C15H30N2O/c1-12(2)15(9-16-14-6-7-14)17(3)10-13-5-4-8-18-11-13/h12-16H,4-11H2,1-3H3. The summed E-state index contributed by atoms with van der Waals surface area (Å²) in [6, 6.07) is 1.48. The van der Waals surface area contributed by atoms with Crippen molar-refractivity contribution >= 4 is 0 Å². The molecule has 1 saturated heterocycles. The lowest BCUT2D eigenvalue weighted by Crippen LogP contribution is -2.46. The summed E-state index contributed by atoms with van der Waals surface area (Å²) in [6.07, 6.45) is 5.34. The number of ether oxygens (including phenoxy) is 1. The van der Waals surface area contributed by atoms with E-state index in [4.69, 9.17) is 4.74 Å². The highest BCUT2D eigenvalue weighted by molar-refractivity contribution is 4.85. The molecule has 2 fully saturated rings. The van der Waals surface area contributed by atoms with Crippen molar-refractivity contribution in [3.8, 4) is 0 Å². The number of rotatable bonds is 7. The third-order valence-electron chi connectivity index (χ3n) is 4.33. The molecule has 0 bridgehead atoms. The summed E-state index contributed by atoms with van der Waals surface area (Å²) in [5.41, 5.74) is 0. The van der Waals surface area contributed by atoms with E-state index in [1.54, 1.807) is 0 Å². The van der Waals surface area contributed by atoms with Gasteiger partial charge in [-0.2, -0.15) is 0 Å². The van der Waals surface area contributed by atoms with Gasteiger partial charge in [-0.3, -0.25) is 0 Å². The van der Waals surface area contributed by atoms with E-state index in [1.807, 2.05) is 0 Å². The largest absolute Gasteiger partial charge is 0.381 e. The Bertz CT molecular complexity index is 235. The van der Waals surface area contributed by atoms with Crippen LogP contribution in [-0.4, -0.2) is 50.3 Å². The molecule has 1 saturated carbocycles. The van der Waals surface area contributed by atoms with Crippen molar-refractivity contribution in [1.29, 1.82) is 0 Å². The van der Waals surface area contributed by atoms with Gasteiger partial charge in [-0.1, -0.05) is 13.8 Å². The van der Waals surface area contributed by atoms with E-state index in [1.165, 1.54) is 32.2 Å². The maximum atomic E-state index is 5.59. The van der Waals surface area contributed by atoms with Crippen molar-refractivity contribution in [2.24, 2.45) is 11.8 Å². The fourth-order valence-corrected chi connectivity index (χ4v) is 2.97. The lowest BCUT2D eigenvalue weighted by atomic mass is 9.98. The van der Waals surface area contributed by atoms with Crippen LogP contribution in [0.15, 0.2) is 0 Å². The molecule has 1 heterocycles. The van der Waals surface area contributed by atoms with Gasteiger partial charge < -0.3 is 15.0 Å². The summed E-state index contributed by atoms with van der Waals surface area (Å²) in [7, 11) is 2.29. The highest BCUT2D eigenvalue weighted by atomic mass is 16.5. The van der Waals surface area contributed by atoms with Crippen molar-refractivity contribution in [2.45, 2.75) is 51.6 Å². The van der Waals surface area contributed by atoms with Crippen LogP contribution in [0, 0.1) is 11.8 Å². The predicted octanol–water partition coefficient (Wildman–Crippen LogP) is 2.12. The monoisotopic (exact) mass is 254 g/mol. The fraction of sp³-hybridized carbons (Fsp3) is 1.00. The number of hydrogen-bond donors (Lipinski definition) is 1. The Morgan fingerprint density at radius 2 is 2.06 bits per heavy atom. The molecule has 0 spiro atoms. The van der Waals surface area contributed by atoms with Gasteiger partial charge in [0.15, 0.2) is 0 Å². The molecule has 2 rings (SSSR count). The van der Waals surface area contributed by atoms with Crippen LogP contribution >= 0.6 is 0 Å². The third-order valence-corrected chi connectivity index (χ3v) is 4.33. The molecule has 0 amide bonds. The van der Waals surface area contributed by atoms with Crippen LogP contribution in [0.3, 0.4) is 0 Å². The molecule has 1 aliphatic carbocycles. The first-order valence-electron chi connectivity index (χ1n) is 7.68. The minimum atomic E-state index is 0.660. The van der Waals surface area contributed by atoms with Crippen molar-refractivity contribution < 1.29 is 4.74 Å². The first kappa shape index (κ1) is 14.3. The summed E-state index contributed by atoms with van der Waals surface area (Å²) < 4.78 is 5.59. The van der Waals surface area contributed by atoms with E-state index in [-0.39, 0.29) is 0 Å². The second-order valence-corrected chi connectivity index (χ2v) is 6.52. The van der Waals surface area contributed by atoms with Crippen LogP contribution in [-0.2, 0) is 4.74 Å². The lowest BCUT2D eigenvalue weighted by Gasteiger charge is -2.35. The molecular formula is C15H30N2O. The summed E-state index contributed by atoms with van der Waals surface area (Å²) >= 11 is 0. The Kier molecular flexibility index (Phi) is 5.46. The van der Waals surface area contributed by atoms with Gasteiger partial charge >= 0.3 is 0 Å². The van der Waals surface area contributed by atoms with Crippen LogP contribution in [0.4, 0.5) is 0 Å². The topological polar surface area (TPSA) is 24.5 Å². The summed E-state index contributed by atoms with van der Waals surface area (Å²) in [5, 5.41) is 3.68. The van der Waals surface area contributed by atoms with Gasteiger partial charge in [0, 0.05) is 31.8 Å². The lowest BCUT2D eigenvalue weighted by molar-refractivity contribution is 0.0323. The Hall–Kier alpha value is -0.120. The maximum Gasteiger partial charge on any atom is 0.0506 e. The quantitative estimate of drug-likeness (QED) is 0.753. The molecule has 0 aromatic carbocycles. The molecule has 2 atom stereocenters. The number of likely N-dealkylation sites (N-methyl/N-ethyl adjacent to an activating group) is 1. The Morgan fingerprint density at radius 3 is 2.61 bits per heavy atom. The summed E-state index contributed by atoms with van der Waals surface area (Å²) in [4.78, 5) is 2.55. The van der Waals surface area contributed by atoms with E-state index < -0.39 is 0 Å². The minimum absolute atomic E-state index is 0.660. The van der Waals surface area contributed by atoms with Crippen LogP contribution < -0.4 is 5.32 Å². The summed E-state index contributed by atoms with van der Waals surface area (Å²) in [6.45, 7) is 8.95. The first-order valence-corrected chi connectivity index (χ1v) is 7.68. The SMILES string of the molecule is CC(C)C(CNC1CC1)N(C)CC1CCCOC1. The van der Waals surface area contributed by atoms with E-state index in [9.17, 15) is 0 Å². The van der Waals surface area contributed by atoms with Gasteiger partial charge in [0.05, 0.1) is 6.61 Å². The number of hydrogen-bond acceptors (Lipinski definition) is 3. The van der Waals surface area contributed by atoms with Crippen molar-refractivity contribution in [3.05, 3.63) is 0 Å². The third kappa shape index (κ3) is 4.52. The van der Waals surface area contributed by atoms with Crippen molar-refractivity contribution in [3.63, 3.8) is 0 Å². The highest BCUT2D eigenvalue weighted by Gasteiger charge is 2.26. The average molecular weight is 254 g/mol. The fourth-order valence-electron chi connectivity index (χ4n) is 2.97. The highest BCUT2D eigenvalue weighted by Crippen LogP contribution is 2.21. The normalized spacial score (nSPS) is 26.8. The second kappa shape index (κ2) is 6.88. The molecule has 1 aliphatic heterocycles. The molecule has 106 valence electrons. The van der Waals surface area contributed by atoms with Crippen LogP contribution in [0.1, 0.15) is 39.5 Å². The predicted molar refractivity (Wildman–Crippen MR) is 75.8 cm³/mol. The van der Waals surface area contributed by atoms with Crippen molar-refractivity contribution in [2.75, 3.05) is 33.4 Å². The first-order chi connectivity index (χ1) is 8.66. The molecule has 0 aromatic heterocycles. The van der Waals surface area contributed by atoms with E-state index in [0.717, 1.165) is 31.7 Å². The zero-order valence-electron chi connectivity index (χ0n) is 12.3. The average Bonchev–Trinajstić information content (AvgIpc) is 3.14. The molecule has 3 nitrogen and oxygen atoms in total. The number of nitrogens with zero attached hydrogens (tertiary/aromatic N) is 1. The Labute approximate surface area is 112 Å². The summed E-state index contributed by atoms with van der Waals surface area (Å²) in [5.74, 6) is 1.46. The zero-order chi connectivity index (χ0) is 13.0. The molecular weight excluding hydrogens is 224 g/mol. The van der Waals surface area contributed by atoms with Crippen LogP contribution in [0.2, 0.25) is 0 Å². The Morgan fingerprint density at radius 1 is 1.28 bits per heavy atom. The molecule has 18 heavy (non-hydrogen) atoms. The van der Waals surface area contributed by atoms with Crippen LogP contribution in [0.25, 0.3) is 0 Å². The molecule has 2 unspecified atom stereocenters. The van der Waals surface area contributed by atoms with E-state index in [0.29, 0.717) is 12.0 Å². The second-order valence-electron chi connectivity index (χ2n) is 6.52. The smallest absolute Gasteiger partial charge is 0.0506 e. The van der Waals surface area contributed by atoms with E-state index >= 15 is 0 Å². The zero-order valence-corrected chi connectivity index (χ0v) is 12.3. The number of nitrogens with one attached hydrogen (secondary N) is 1. The van der Waals surface area contributed by atoms with E-state index in [2.05, 4.69) is 31.1 Å². The van der Waals surface area contributed by atoms with Gasteiger partial charge in [0.2, 0.25) is 0 Å². The van der Waals surface area contributed by atoms with Crippen molar-refractivity contribution in [1.82, 2.24) is 10.2 Å². The van der Waals surface area contributed by atoms with Gasteiger partial charge in [0.1, 0.15) is 0 Å². The minimum Gasteiger partial charge on any atom is -0.381 e. The van der Waals surface area contributed by atoms with Gasteiger partial charge in [-0.15, -0.1) is 0 Å². The van der Waals surface area contributed by atoms with Gasteiger partial charge in [0.25, 0.3) is 0 Å². The van der Waals surface area contributed by atoms with Gasteiger partial charge in [-0.25, -0.2) is 0 Å². The molecule has 3 heteroatoms. The molecule has 1 N–H and O–H groups in total. The molecule has 2 aliphatic rings. The Balaban J connectivity index is 1.75. The van der Waals surface area contributed by atoms with Crippen LogP contribution in [0.5, 0.6) is 0 Å². The van der Waals surface area contributed by atoms with Gasteiger partial charge in [-0.05, 0) is 44.6 Å².